The van der Waals surface area contributed by atoms with Crippen LogP contribution in [0.3, 0.4) is 0 Å². The van der Waals surface area contributed by atoms with Gasteiger partial charge in [-0.1, -0.05) is 19.4 Å². The first kappa shape index (κ1) is 26.4. The number of carbonyl (C=O) groups excluding carboxylic acids is 2. The van der Waals surface area contributed by atoms with E-state index in [9.17, 15) is 35.1 Å². The summed E-state index contributed by atoms with van der Waals surface area (Å²) in [5.41, 5.74) is -1.21. The average molecular weight is 509 g/mol. The van der Waals surface area contributed by atoms with Gasteiger partial charge in [0.25, 0.3) is 0 Å². The van der Waals surface area contributed by atoms with Crippen LogP contribution in [0.15, 0.2) is 11.6 Å². The maximum absolute atomic E-state index is 12.8. The normalized spacial score (nSPS) is 52.7. The number of Topliss-reactive ketones (excluding diaryl/α,β-unsaturated/α-hetero) is 1. The van der Waals surface area contributed by atoms with Crippen molar-refractivity contribution in [2.24, 2.45) is 28.6 Å². The highest BCUT2D eigenvalue weighted by molar-refractivity contribution is 5.91. The van der Waals surface area contributed by atoms with Gasteiger partial charge in [0.15, 0.2) is 12.1 Å². The molecule has 0 bridgehead atoms. The fourth-order valence-corrected chi connectivity index (χ4v) is 8.67. The number of hydrogen-bond acceptors (Lipinski definition) is 9. The van der Waals surface area contributed by atoms with Crippen LogP contribution < -0.4 is 0 Å². The number of allylic oxidation sites excluding steroid dienone is 1. The lowest BCUT2D eigenvalue weighted by molar-refractivity contribution is -0.332. The van der Waals surface area contributed by atoms with Gasteiger partial charge in [-0.15, -0.1) is 0 Å². The minimum absolute atomic E-state index is 0.0276. The molecule has 0 aromatic rings. The molecule has 5 N–H and O–H groups in total. The second kappa shape index (κ2) is 8.93. The van der Waals surface area contributed by atoms with Crippen LogP contribution in [-0.2, 0) is 19.1 Å². The minimum Gasteiger partial charge on any atom is -0.394 e. The van der Waals surface area contributed by atoms with Crippen LogP contribution in [0.5, 0.6) is 0 Å². The van der Waals surface area contributed by atoms with E-state index in [0.717, 1.165) is 18.4 Å². The first-order chi connectivity index (χ1) is 16.9. The molecule has 12 atom stereocenters. The van der Waals surface area contributed by atoms with E-state index in [4.69, 9.17) is 9.47 Å². The number of ketones is 2. The topological polar surface area (TPSA) is 154 Å². The van der Waals surface area contributed by atoms with E-state index in [2.05, 4.69) is 6.92 Å². The standard InChI is InChI=1S/C27H40O9/c1-13(29)18-11-20(36-24-23(33)22(32)21(31)19(12-28)35-24)27(34)17-5-4-14-10-15(30)6-8-25(14,2)16(17)7-9-26(18,27)3/h10,16-24,28,31-34H,4-9,11-12H2,1-3H3/t16-,17+,18-,19+,20-,21+,22-,23+,24-,25-,26+,27+/m0/s1. The number of carbonyl (C=O) groups is 2. The molecule has 1 aliphatic heterocycles. The Labute approximate surface area is 211 Å². The average Bonchev–Trinajstić information content (AvgIpc) is 3.07. The molecule has 0 radical (unpaired) electrons. The summed E-state index contributed by atoms with van der Waals surface area (Å²) in [5, 5.41) is 53.4. The Balaban J connectivity index is 1.51. The quantitative estimate of drug-likeness (QED) is 0.368. The van der Waals surface area contributed by atoms with E-state index in [0.29, 0.717) is 25.7 Å². The van der Waals surface area contributed by atoms with Crippen LogP contribution in [0.2, 0.25) is 0 Å². The fourth-order valence-electron chi connectivity index (χ4n) is 8.67. The Morgan fingerprint density at radius 3 is 2.47 bits per heavy atom. The monoisotopic (exact) mass is 508 g/mol. The number of hydrogen-bond donors (Lipinski definition) is 5. The summed E-state index contributed by atoms with van der Waals surface area (Å²) in [7, 11) is 0. The van der Waals surface area contributed by atoms with Crippen LogP contribution in [0, 0.1) is 28.6 Å². The van der Waals surface area contributed by atoms with Crippen LogP contribution in [0.4, 0.5) is 0 Å². The van der Waals surface area contributed by atoms with Crippen molar-refractivity contribution in [3.63, 3.8) is 0 Å². The minimum atomic E-state index is -1.59. The highest BCUT2D eigenvalue weighted by atomic mass is 16.7. The molecule has 0 amide bonds. The van der Waals surface area contributed by atoms with Crippen molar-refractivity contribution in [3.8, 4) is 0 Å². The Morgan fingerprint density at radius 1 is 1.08 bits per heavy atom. The third-order valence-corrected chi connectivity index (χ3v) is 10.8. The number of aliphatic hydroxyl groups excluding tert-OH is 4. The van der Waals surface area contributed by atoms with E-state index < -0.39 is 60.4 Å². The van der Waals surface area contributed by atoms with Gasteiger partial charge >= 0.3 is 0 Å². The van der Waals surface area contributed by atoms with E-state index in [1.807, 2.05) is 6.92 Å². The zero-order valence-corrected chi connectivity index (χ0v) is 21.3. The van der Waals surface area contributed by atoms with Crippen molar-refractivity contribution >= 4 is 11.6 Å². The molecule has 1 saturated heterocycles. The summed E-state index contributed by atoms with van der Waals surface area (Å²) in [6, 6.07) is 0. The second-order valence-electron chi connectivity index (χ2n) is 12.3. The first-order valence-corrected chi connectivity index (χ1v) is 13.3. The molecule has 9 heteroatoms. The van der Waals surface area contributed by atoms with E-state index >= 15 is 0 Å². The maximum Gasteiger partial charge on any atom is 0.187 e. The van der Waals surface area contributed by atoms with Crippen molar-refractivity contribution in [1.29, 1.82) is 0 Å². The largest absolute Gasteiger partial charge is 0.394 e. The predicted molar refractivity (Wildman–Crippen MR) is 126 cm³/mol. The molecule has 3 saturated carbocycles. The lowest BCUT2D eigenvalue weighted by Gasteiger charge is -2.62. The molecule has 0 spiro atoms. The summed E-state index contributed by atoms with van der Waals surface area (Å²) in [6.45, 7) is 5.11. The second-order valence-corrected chi connectivity index (χ2v) is 12.3. The van der Waals surface area contributed by atoms with Crippen LogP contribution in [-0.4, -0.2) is 86.1 Å². The summed E-state index contributed by atoms with van der Waals surface area (Å²) in [4.78, 5) is 25.0. The molecule has 0 unspecified atom stereocenters. The van der Waals surface area contributed by atoms with E-state index in [1.165, 1.54) is 6.92 Å². The van der Waals surface area contributed by atoms with Crippen LogP contribution in [0.25, 0.3) is 0 Å². The molecule has 9 nitrogen and oxygen atoms in total. The predicted octanol–water partition coefficient (Wildman–Crippen LogP) is 0.633. The molecule has 36 heavy (non-hydrogen) atoms. The number of ether oxygens (including phenoxy) is 2. The Hall–Kier alpha value is -1.20. The van der Waals surface area contributed by atoms with Gasteiger partial charge in [0.1, 0.15) is 35.8 Å². The zero-order chi connectivity index (χ0) is 26.2. The highest BCUT2D eigenvalue weighted by Crippen LogP contribution is 2.69. The van der Waals surface area contributed by atoms with Crippen LogP contribution in [0.1, 0.15) is 65.7 Å². The van der Waals surface area contributed by atoms with Gasteiger partial charge in [-0.3, -0.25) is 9.59 Å². The molecule has 4 aliphatic carbocycles. The molecule has 202 valence electrons. The molecular weight excluding hydrogens is 468 g/mol. The van der Waals surface area contributed by atoms with Gasteiger partial charge in [0, 0.05) is 17.8 Å². The van der Waals surface area contributed by atoms with Crippen molar-refractivity contribution in [2.75, 3.05) is 6.61 Å². The SMILES string of the molecule is CC(=O)[C@@H]1C[C@H](O[C@@H]2O[C@H](CO)[C@@H](O)[C@H](O)[C@H]2O)[C@]2(O)[C@@H]3CCC4=CC(=O)CC[C@]4(C)[C@H]3CC[C@]12C. The smallest absolute Gasteiger partial charge is 0.187 e. The summed E-state index contributed by atoms with van der Waals surface area (Å²) in [6.07, 6.45) is -1.97. The molecule has 0 aromatic heterocycles. The highest BCUT2D eigenvalue weighted by Gasteiger charge is 2.72. The summed E-state index contributed by atoms with van der Waals surface area (Å²) < 4.78 is 11.9. The van der Waals surface area contributed by atoms with Crippen molar-refractivity contribution < 1.29 is 44.6 Å². The Morgan fingerprint density at radius 2 is 1.81 bits per heavy atom. The van der Waals surface area contributed by atoms with Gasteiger partial charge in [0.2, 0.25) is 0 Å². The number of aliphatic hydroxyl groups is 5. The molecule has 5 rings (SSSR count). The first-order valence-electron chi connectivity index (χ1n) is 13.3. The summed E-state index contributed by atoms with van der Waals surface area (Å²) in [5.74, 6) is -0.404. The van der Waals surface area contributed by atoms with E-state index in [-0.39, 0.29) is 35.2 Å². The van der Waals surface area contributed by atoms with Gasteiger partial charge < -0.3 is 35.0 Å². The van der Waals surface area contributed by atoms with Crippen molar-refractivity contribution in [1.82, 2.24) is 0 Å². The van der Waals surface area contributed by atoms with E-state index in [1.54, 1.807) is 6.08 Å². The third-order valence-electron chi connectivity index (χ3n) is 10.8. The number of fused-ring (bicyclic) bond motifs is 5. The molecule has 1 heterocycles. The van der Waals surface area contributed by atoms with Crippen LogP contribution >= 0.6 is 0 Å². The summed E-state index contributed by atoms with van der Waals surface area (Å²) >= 11 is 0. The molecule has 4 fully saturated rings. The number of rotatable bonds is 4. The van der Waals surface area contributed by atoms with Gasteiger partial charge in [-0.05, 0) is 68.8 Å². The molecule has 5 aliphatic rings. The van der Waals surface area contributed by atoms with Gasteiger partial charge in [-0.2, -0.15) is 0 Å². The van der Waals surface area contributed by atoms with Crippen molar-refractivity contribution in [3.05, 3.63) is 11.6 Å². The molecule has 0 aromatic carbocycles. The zero-order valence-electron chi connectivity index (χ0n) is 21.3. The lowest BCUT2D eigenvalue weighted by atomic mass is 9.45. The maximum atomic E-state index is 12.8. The van der Waals surface area contributed by atoms with Gasteiger partial charge in [-0.25, -0.2) is 0 Å². The Kier molecular flexibility index (Phi) is 6.55. The fraction of sp³-hybridized carbons (Fsp3) is 0.852. The van der Waals surface area contributed by atoms with Gasteiger partial charge in [0.05, 0.1) is 12.7 Å². The van der Waals surface area contributed by atoms with Crippen molar-refractivity contribution in [2.45, 2.75) is 108 Å². The molecular formula is C27H40O9. The lowest BCUT2D eigenvalue weighted by Crippen LogP contribution is -2.66. The Bertz CT molecular complexity index is 948. The third kappa shape index (κ3) is 3.54.